The van der Waals surface area contributed by atoms with Gasteiger partial charge in [-0.2, -0.15) is 0 Å². The fraction of sp³-hybridized carbons (Fsp3) is 0. The Hall–Kier alpha value is 0.605. The predicted molar refractivity (Wildman–Crippen MR) is 36.8 cm³/mol. The monoisotopic (exact) mass is 214 g/mol. The summed E-state index contributed by atoms with van der Waals surface area (Å²) in [6, 6.07) is 1.93. The summed E-state index contributed by atoms with van der Waals surface area (Å²) in [5.41, 5.74) is -0.481. The van der Waals surface area contributed by atoms with Crippen LogP contribution in [0.3, 0.4) is 0 Å². The zero-order valence-corrected chi connectivity index (χ0v) is 11.9. The number of phenols is 3. The molecule has 0 heterocycles. The molecule has 14 heavy (non-hydrogen) atoms. The van der Waals surface area contributed by atoms with E-state index in [0.717, 1.165) is 12.1 Å². The van der Waals surface area contributed by atoms with Gasteiger partial charge in [0.1, 0.15) is 0 Å². The van der Waals surface area contributed by atoms with Gasteiger partial charge in [0.2, 0.25) is 0 Å². The molecule has 0 aromatic heterocycles. The minimum atomic E-state index is -2.38. The van der Waals surface area contributed by atoms with Crippen molar-refractivity contribution in [2.75, 3.05) is 0 Å². The normalized spacial score (nSPS) is 8.43. The van der Waals surface area contributed by atoms with Crippen LogP contribution in [0, 0.1) is 0 Å². The molecule has 1 aromatic carbocycles. The van der Waals surface area contributed by atoms with E-state index in [9.17, 15) is 10.0 Å². The summed E-state index contributed by atoms with van der Waals surface area (Å²) in [4.78, 5) is 0. The van der Waals surface area contributed by atoms with Crippen molar-refractivity contribution >= 4 is 12.6 Å². The van der Waals surface area contributed by atoms with Gasteiger partial charge < -0.3 is 25.4 Å². The van der Waals surface area contributed by atoms with Gasteiger partial charge in [-0.25, -0.2) is 0 Å². The van der Waals surface area contributed by atoms with Gasteiger partial charge in [-0.05, 0) is 6.07 Å². The van der Waals surface area contributed by atoms with E-state index in [1.807, 2.05) is 0 Å². The molecule has 0 atom stereocenters. The maximum absolute atomic E-state index is 10.3. The molecule has 3 N–H and O–H groups in total. The smallest absolute Gasteiger partial charge is 0.889 e. The van der Waals surface area contributed by atoms with Gasteiger partial charge in [-0.1, -0.05) is 18.6 Å². The maximum Gasteiger partial charge on any atom is 1.00 e. The summed E-state index contributed by atoms with van der Waals surface area (Å²) in [7, 11) is -2.38. The van der Waals surface area contributed by atoms with Crippen molar-refractivity contribution < 1.29 is 84.5 Å². The van der Waals surface area contributed by atoms with Crippen LogP contribution in [0.15, 0.2) is 12.1 Å². The van der Waals surface area contributed by atoms with Crippen LogP contribution in [0.4, 0.5) is 0 Å². The van der Waals surface area contributed by atoms with E-state index >= 15 is 0 Å². The minimum absolute atomic E-state index is 0. The number of aromatic hydroxyl groups is 3. The summed E-state index contributed by atoms with van der Waals surface area (Å²) >= 11 is 0. The third-order valence-electron chi connectivity index (χ3n) is 1.42. The van der Waals surface area contributed by atoms with Crippen LogP contribution in [0.25, 0.3) is 0 Å². The average Bonchev–Trinajstić information content (AvgIpc) is 2.00. The van der Waals surface area contributed by atoms with Gasteiger partial charge in [-0.15, -0.1) is 0 Å². The van der Waals surface area contributed by atoms with Gasteiger partial charge in [0.25, 0.3) is 0 Å². The van der Waals surface area contributed by atoms with Gasteiger partial charge in [0, 0.05) is 0 Å². The third-order valence-corrected chi connectivity index (χ3v) is 1.42. The van der Waals surface area contributed by atoms with Crippen molar-refractivity contribution in [3.05, 3.63) is 12.1 Å². The van der Waals surface area contributed by atoms with Crippen molar-refractivity contribution in [1.82, 2.24) is 0 Å². The molecule has 0 aliphatic rings. The molecule has 0 radical (unpaired) electrons. The van der Waals surface area contributed by atoms with Crippen LogP contribution in [0.2, 0.25) is 0 Å². The molecule has 0 bridgehead atoms. The second-order valence-corrected chi connectivity index (χ2v) is 2.20. The standard InChI is InChI=1S/C6H5BO5.2Na/c8-4-2-1-3(7(11)12)5(9)6(4)10;;/h1-2,8-10H;;/q-2;2*+1. The van der Waals surface area contributed by atoms with Gasteiger partial charge >= 0.3 is 59.1 Å². The van der Waals surface area contributed by atoms with E-state index in [2.05, 4.69) is 0 Å². The Kier molecular flexibility index (Phi) is 8.48. The minimum Gasteiger partial charge on any atom is -0.889 e. The van der Waals surface area contributed by atoms with E-state index in [1.165, 1.54) is 0 Å². The molecule has 8 heteroatoms. The predicted octanol–water partition coefficient (Wildman–Crippen LogP) is -8.77. The van der Waals surface area contributed by atoms with Crippen LogP contribution in [0.1, 0.15) is 0 Å². The van der Waals surface area contributed by atoms with Crippen molar-refractivity contribution in [2.45, 2.75) is 0 Å². The average molecular weight is 214 g/mol. The number of rotatable bonds is 1. The molecule has 1 aromatic rings. The Bertz CT molecular complexity index is 307. The number of phenolic OH excluding ortho intramolecular Hbond substituents is 3. The van der Waals surface area contributed by atoms with Crippen molar-refractivity contribution in [3.63, 3.8) is 0 Å². The van der Waals surface area contributed by atoms with Crippen LogP contribution >= 0.6 is 0 Å². The zero-order valence-electron chi connectivity index (χ0n) is 7.89. The molecule has 5 nitrogen and oxygen atoms in total. The quantitative estimate of drug-likeness (QED) is 0.318. The Morgan fingerprint density at radius 1 is 0.929 bits per heavy atom. The first-order chi connectivity index (χ1) is 5.54. The van der Waals surface area contributed by atoms with Crippen LogP contribution in [0.5, 0.6) is 17.2 Å². The third kappa shape index (κ3) is 3.64. The number of hydrogen-bond acceptors (Lipinski definition) is 5. The fourth-order valence-electron chi connectivity index (χ4n) is 0.775. The first kappa shape index (κ1) is 17.0. The fourth-order valence-corrected chi connectivity index (χ4v) is 0.775. The molecule has 0 amide bonds. The van der Waals surface area contributed by atoms with Crippen molar-refractivity contribution in [2.24, 2.45) is 0 Å². The van der Waals surface area contributed by atoms with E-state index < -0.39 is 29.8 Å². The van der Waals surface area contributed by atoms with Crippen LogP contribution in [-0.2, 0) is 0 Å². The number of benzene rings is 1. The molecule has 0 saturated heterocycles. The molecule has 0 aliphatic carbocycles. The molecular formula is C6H5BNa2O5. The maximum atomic E-state index is 10.3. The second kappa shape index (κ2) is 6.97. The number of hydrogen-bond donors (Lipinski definition) is 3. The molecule has 0 fully saturated rings. The SMILES string of the molecule is [Na+].[Na+].[O-]B([O-])c1ccc(O)c(O)c1O. The topological polar surface area (TPSA) is 107 Å². The summed E-state index contributed by atoms with van der Waals surface area (Å²) in [5, 5.41) is 47.2. The zero-order chi connectivity index (χ0) is 9.30. The summed E-state index contributed by atoms with van der Waals surface area (Å²) < 4.78 is 0. The molecule has 0 saturated carbocycles. The Balaban J connectivity index is 0. The first-order valence-corrected chi connectivity index (χ1v) is 3.09. The van der Waals surface area contributed by atoms with E-state index in [1.54, 1.807) is 0 Å². The summed E-state index contributed by atoms with van der Waals surface area (Å²) in [5.74, 6) is -2.27. The van der Waals surface area contributed by atoms with Crippen LogP contribution < -0.4 is 74.6 Å². The van der Waals surface area contributed by atoms with Crippen molar-refractivity contribution in [3.8, 4) is 17.2 Å². The molecule has 0 spiro atoms. The van der Waals surface area contributed by atoms with Gasteiger partial charge in [-0.3, -0.25) is 0 Å². The molecule has 0 unspecified atom stereocenters. The van der Waals surface area contributed by atoms with Crippen LogP contribution in [-0.4, -0.2) is 22.4 Å². The molecule has 64 valence electrons. The first-order valence-electron chi connectivity index (χ1n) is 3.09. The Morgan fingerprint density at radius 2 is 1.43 bits per heavy atom. The Labute approximate surface area is 125 Å². The molecular weight excluding hydrogens is 209 g/mol. The van der Waals surface area contributed by atoms with Gasteiger partial charge in [0.05, 0.1) is 0 Å². The Morgan fingerprint density at radius 3 is 1.86 bits per heavy atom. The van der Waals surface area contributed by atoms with Gasteiger partial charge in [0.15, 0.2) is 17.2 Å². The van der Waals surface area contributed by atoms with Crippen molar-refractivity contribution in [1.29, 1.82) is 0 Å². The summed E-state index contributed by atoms with van der Waals surface area (Å²) in [6.07, 6.45) is 0. The second-order valence-electron chi connectivity index (χ2n) is 2.20. The van der Waals surface area contributed by atoms with E-state index in [-0.39, 0.29) is 59.1 Å². The molecule has 1 rings (SSSR count). The largest absolute Gasteiger partial charge is 1.00 e. The summed E-state index contributed by atoms with van der Waals surface area (Å²) in [6.45, 7) is 0. The molecule has 0 aliphatic heterocycles. The van der Waals surface area contributed by atoms with E-state index in [4.69, 9.17) is 15.3 Å². The van der Waals surface area contributed by atoms with E-state index in [0.29, 0.717) is 0 Å².